The molecule has 0 unspecified atom stereocenters. The molecule has 4 N–H and O–H groups in total. The number of rotatable bonds is 3. The van der Waals surface area contributed by atoms with Crippen LogP contribution in [-0.4, -0.2) is 35.2 Å². The third-order valence-electron chi connectivity index (χ3n) is 3.61. The number of carbonyl (C=O) groups excluding carboxylic acids is 1. The number of nitrogens with two attached hydrogens (primary N) is 2. The first-order chi connectivity index (χ1) is 10.1. The highest BCUT2D eigenvalue weighted by Crippen LogP contribution is 2.39. The number of amides is 1. The van der Waals surface area contributed by atoms with Gasteiger partial charge in [-0.1, -0.05) is 11.8 Å². The molecule has 0 atom stereocenters. The molecule has 6 nitrogen and oxygen atoms in total. The standard InChI is InChI=1S/C13H17N5OS2/c1-20-13-16-11(18-5-3-2-4-6-18)7-8(14)9(10(15)19)21-12(7)17-13/h2-6,14H2,1H3,(H2,15,19). The molecule has 1 amide bonds. The van der Waals surface area contributed by atoms with Crippen molar-refractivity contribution in [1.29, 1.82) is 0 Å². The quantitative estimate of drug-likeness (QED) is 0.663. The predicted octanol–water partition coefficient (Wildman–Crippen LogP) is 2.08. The van der Waals surface area contributed by atoms with Crippen LogP contribution < -0.4 is 16.4 Å². The molecule has 8 heteroatoms. The van der Waals surface area contributed by atoms with Crippen LogP contribution in [0.15, 0.2) is 5.16 Å². The summed E-state index contributed by atoms with van der Waals surface area (Å²) in [7, 11) is 0. The molecular formula is C13H17N5OS2. The van der Waals surface area contributed by atoms with Crippen molar-refractivity contribution in [1.82, 2.24) is 9.97 Å². The van der Waals surface area contributed by atoms with Crippen LogP contribution in [0, 0.1) is 0 Å². The average molecular weight is 323 g/mol. The highest BCUT2D eigenvalue weighted by molar-refractivity contribution is 7.98. The summed E-state index contributed by atoms with van der Waals surface area (Å²) >= 11 is 2.74. The molecule has 1 aliphatic rings. The fourth-order valence-electron chi connectivity index (χ4n) is 2.59. The monoisotopic (exact) mass is 323 g/mol. The van der Waals surface area contributed by atoms with E-state index in [0.717, 1.165) is 42.0 Å². The van der Waals surface area contributed by atoms with Crippen molar-refractivity contribution in [3.63, 3.8) is 0 Å². The van der Waals surface area contributed by atoms with E-state index in [1.165, 1.54) is 29.5 Å². The summed E-state index contributed by atoms with van der Waals surface area (Å²) in [5.41, 5.74) is 11.9. The third-order valence-corrected chi connectivity index (χ3v) is 5.27. The van der Waals surface area contributed by atoms with Crippen LogP contribution >= 0.6 is 23.1 Å². The van der Waals surface area contributed by atoms with Gasteiger partial charge in [-0.25, -0.2) is 9.97 Å². The zero-order valence-corrected chi connectivity index (χ0v) is 13.4. The second-order valence-electron chi connectivity index (χ2n) is 4.97. The molecule has 0 saturated carbocycles. The lowest BCUT2D eigenvalue weighted by molar-refractivity contribution is 0.100. The molecule has 3 heterocycles. The average Bonchev–Trinajstić information content (AvgIpc) is 2.84. The Morgan fingerprint density at radius 1 is 1.29 bits per heavy atom. The normalized spacial score (nSPS) is 15.6. The largest absolute Gasteiger partial charge is 0.397 e. The van der Waals surface area contributed by atoms with Crippen LogP contribution in [0.3, 0.4) is 0 Å². The number of hydrogen-bond acceptors (Lipinski definition) is 7. The first kappa shape index (κ1) is 14.4. The Morgan fingerprint density at radius 3 is 2.62 bits per heavy atom. The van der Waals surface area contributed by atoms with Gasteiger partial charge in [-0.15, -0.1) is 11.3 Å². The topological polar surface area (TPSA) is 98.1 Å². The number of piperidine rings is 1. The molecular weight excluding hydrogens is 306 g/mol. The van der Waals surface area contributed by atoms with E-state index in [9.17, 15) is 4.79 Å². The fourth-order valence-corrected chi connectivity index (χ4v) is 3.95. The summed E-state index contributed by atoms with van der Waals surface area (Å²) < 4.78 is 0. The van der Waals surface area contributed by atoms with E-state index < -0.39 is 5.91 Å². The van der Waals surface area contributed by atoms with Crippen LogP contribution in [0.4, 0.5) is 11.5 Å². The van der Waals surface area contributed by atoms with Gasteiger partial charge < -0.3 is 16.4 Å². The van der Waals surface area contributed by atoms with Crippen molar-refractivity contribution in [3.05, 3.63) is 4.88 Å². The van der Waals surface area contributed by atoms with Crippen molar-refractivity contribution in [2.24, 2.45) is 5.73 Å². The number of aromatic nitrogens is 2. The summed E-state index contributed by atoms with van der Waals surface area (Å²) in [6, 6.07) is 0. The van der Waals surface area contributed by atoms with Crippen LogP contribution in [0.25, 0.3) is 10.2 Å². The number of fused-ring (bicyclic) bond motifs is 1. The number of anilines is 2. The highest BCUT2D eigenvalue weighted by atomic mass is 32.2. The number of hydrogen-bond donors (Lipinski definition) is 2. The van der Waals surface area contributed by atoms with Gasteiger partial charge in [-0.3, -0.25) is 4.79 Å². The van der Waals surface area contributed by atoms with E-state index in [1.807, 2.05) is 6.26 Å². The molecule has 1 saturated heterocycles. The lowest BCUT2D eigenvalue weighted by Crippen LogP contribution is -2.30. The molecule has 0 spiro atoms. The molecule has 112 valence electrons. The van der Waals surface area contributed by atoms with Gasteiger partial charge in [0.15, 0.2) is 5.16 Å². The van der Waals surface area contributed by atoms with Crippen molar-refractivity contribution in [3.8, 4) is 0 Å². The Kier molecular flexibility index (Phi) is 3.90. The molecule has 2 aromatic heterocycles. The molecule has 0 aromatic carbocycles. The van der Waals surface area contributed by atoms with Gasteiger partial charge in [0.25, 0.3) is 5.91 Å². The van der Waals surface area contributed by atoms with Gasteiger partial charge in [0, 0.05) is 13.1 Å². The first-order valence-corrected chi connectivity index (χ1v) is 8.84. The van der Waals surface area contributed by atoms with Gasteiger partial charge in [-0.05, 0) is 25.5 Å². The molecule has 0 radical (unpaired) electrons. The number of nitrogen functional groups attached to an aromatic ring is 1. The molecule has 1 fully saturated rings. The summed E-state index contributed by atoms with van der Waals surface area (Å²) in [4.78, 5) is 24.0. The van der Waals surface area contributed by atoms with Gasteiger partial charge >= 0.3 is 0 Å². The number of thiophene rings is 1. The zero-order valence-electron chi connectivity index (χ0n) is 11.8. The Labute approximate surface area is 130 Å². The maximum Gasteiger partial charge on any atom is 0.260 e. The molecule has 3 rings (SSSR count). The third kappa shape index (κ3) is 2.53. The fraction of sp³-hybridized carbons (Fsp3) is 0.462. The highest BCUT2D eigenvalue weighted by Gasteiger charge is 2.23. The van der Waals surface area contributed by atoms with Gasteiger partial charge in [0.2, 0.25) is 0 Å². The van der Waals surface area contributed by atoms with E-state index in [-0.39, 0.29) is 0 Å². The van der Waals surface area contributed by atoms with Crippen LogP contribution in [0.5, 0.6) is 0 Å². The minimum atomic E-state index is -0.509. The summed E-state index contributed by atoms with van der Waals surface area (Å²) in [5.74, 6) is 0.330. The van der Waals surface area contributed by atoms with Crippen LogP contribution in [-0.2, 0) is 0 Å². The number of nitrogens with zero attached hydrogens (tertiary/aromatic N) is 3. The van der Waals surface area contributed by atoms with Crippen molar-refractivity contribution in [2.45, 2.75) is 24.4 Å². The Bertz CT molecular complexity index is 693. The molecule has 0 bridgehead atoms. The zero-order chi connectivity index (χ0) is 15.0. The predicted molar refractivity (Wildman–Crippen MR) is 88.2 cm³/mol. The Morgan fingerprint density at radius 2 is 2.00 bits per heavy atom. The second-order valence-corrected chi connectivity index (χ2v) is 6.74. The summed E-state index contributed by atoms with van der Waals surface area (Å²) in [5, 5.41) is 1.47. The van der Waals surface area contributed by atoms with Gasteiger partial charge in [0.05, 0.1) is 11.1 Å². The maximum atomic E-state index is 11.5. The molecule has 21 heavy (non-hydrogen) atoms. The SMILES string of the molecule is CSc1nc(N2CCCCC2)c2c(N)c(C(N)=O)sc2n1. The van der Waals surface area contributed by atoms with E-state index in [1.54, 1.807) is 0 Å². The Hall–Kier alpha value is -1.54. The Balaban J connectivity index is 2.22. The van der Waals surface area contributed by atoms with Crippen LogP contribution in [0.1, 0.15) is 28.9 Å². The minimum absolute atomic E-state index is 0.371. The lowest BCUT2D eigenvalue weighted by atomic mass is 10.1. The van der Waals surface area contributed by atoms with E-state index in [4.69, 9.17) is 11.5 Å². The minimum Gasteiger partial charge on any atom is -0.397 e. The summed E-state index contributed by atoms with van der Waals surface area (Å²) in [6.45, 7) is 1.92. The number of primary amides is 1. The van der Waals surface area contributed by atoms with E-state index >= 15 is 0 Å². The van der Waals surface area contributed by atoms with Crippen molar-refractivity contribution in [2.75, 3.05) is 30.0 Å². The van der Waals surface area contributed by atoms with Gasteiger partial charge in [0.1, 0.15) is 15.5 Å². The number of thioether (sulfide) groups is 1. The smallest absolute Gasteiger partial charge is 0.260 e. The second kappa shape index (κ2) is 5.69. The summed E-state index contributed by atoms with van der Waals surface area (Å²) in [6.07, 6.45) is 5.47. The maximum absolute atomic E-state index is 11.5. The van der Waals surface area contributed by atoms with Crippen molar-refractivity contribution >= 4 is 50.7 Å². The number of carbonyl (C=O) groups is 1. The molecule has 1 aliphatic heterocycles. The van der Waals surface area contributed by atoms with Crippen molar-refractivity contribution < 1.29 is 4.79 Å². The first-order valence-electron chi connectivity index (χ1n) is 6.80. The van der Waals surface area contributed by atoms with E-state index in [2.05, 4.69) is 14.9 Å². The van der Waals surface area contributed by atoms with Gasteiger partial charge in [-0.2, -0.15) is 0 Å². The lowest BCUT2D eigenvalue weighted by Gasteiger charge is -2.28. The molecule has 0 aliphatic carbocycles. The van der Waals surface area contributed by atoms with E-state index in [0.29, 0.717) is 15.7 Å². The van der Waals surface area contributed by atoms with Crippen LogP contribution in [0.2, 0.25) is 0 Å². The molecule has 2 aromatic rings.